The fourth-order valence-corrected chi connectivity index (χ4v) is 2.06. The highest BCUT2D eigenvalue weighted by atomic mass is 32.2. The lowest BCUT2D eigenvalue weighted by molar-refractivity contribution is 0.282. The van der Waals surface area contributed by atoms with Crippen molar-refractivity contribution in [2.24, 2.45) is 0 Å². The van der Waals surface area contributed by atoms with Gasteiger partial charge in [0.15, 0.2) is 0 Å². The summed E-state index contributed by atoms with van der Waals surface area (Å²) in [4.78, 5) is 1.27. The van der Waals surface area contributed by atoms with Gasteiger partial charge in [-0.05, 0) is 35.1 Å². The summed E-state index contributed by atoms with van der Waals surface area (Å²) >= 11 is 1.75. The maximum atomic E-state index is 8.98. The molecular formula is C14H14OS. The number of hydrogen-bond acceptors (Lipinski definition) is 2. The summed E-state index contributed by atoms with van der Waals surface area (Å²) in [7, 11) is 0. The predicted octanol–water partition coefficient (Wildman–Crippen LogP) is 3.57. The largest absolute Gasteiger partial charge is 0.392 e. The Bertz CT molecular complexity index is 462. The van der Waals surface area contributed by atoms with Gasteiger partial charge in [0, 0.05) is 4.90 Å². The Morgan fingerprint density at radius 1 is 1.00 bits per heavy atom. The van der Waals surface area contributed by atoms with Crippen molar-refractivity contribution >= 4 is 11.8 Å². The van der Waals surface area contributed by atoms with Gasteiger partial charge in [0.05, 0.1) is 6.61 Å². The SMILES string of the molecule is CSc1cccc(-c2ccc(CO)cc2)c1. The summed E-state index contributed by atoms with van der Waals surface area (Å²) in [6.45, 7) is 0.102. The number of hydrogen-bond donors (Lipinski definition) is 1. The minimum Gasteiger partial charge on any atom is -0.392 e. The second-order valence-electron chi connectivity index (χ2n) is 3.59. The Kier molecular flexibility index (Phi) is 3.65. The van der Waals surface area contributed by atoms with Crippen molar-refractivity contribution in [2.45, 2.75) is 11.5 Å². The number of aliphatic hydroxyl groups is 1. The van der Waals surface area contributed by atoms with Crippen molar-refractivity contribution < 1.29 is 5.11 Å². The van der Waals surface area contributed by atoms with E-state index in [1.54, 1.807) is 11.8 Å². The standard InChI is InChI=1S/C14H14OS/c1-16-14-4-2-3-13(9-14)12-7-5-11(10-15)6-8-12/h2-9,15H,10H2,1H3. The zero-order valence-corrected chi connectivity index (χ0v) is 10.00. The highest BCUT2D eigenvalue weighted by Gasteiger charge is 1.98. The lowest BCUT2D eigenvalue weighted by Crippen LogP contribution is -1.83. The minimum absolute atomic E-state index is 0.102. The van der Waals surface area contributed by atoms with E-state index in [0.717, 1.165) is 5.56 Å². The monoisotopic (exact) mass is 230 g/mol. The van der Waals surface area contributed by atoms with Crippen LogP contribution in [0.1, 0.15) is 5.56 Å². The highest BCUT2D eigenvalue weighted by molar-refractivity contribution is 7.98. The Hall–Kier alpha value is -1.25. The van der Waals surface area contributed by atoms with Gasteiger partial charge in [0.25, 0.3) is 0 Å². The maximum Gasteiger partial charge on any atom is 0.0681 e. The molecule has 0 aromatic heterocycles. The van der Waals surface area contributed by atoms with Crippen LogP contribution in [-0.2, 0) is 6.61 Å². The van der Waals surface area contributed by atoms with Crippen molar-refractivity contribution in [3.8, 4) is 11.1 Å². The molecule has 1 nitrogen and oxygen atoms in total. The first-order chi connectivity index (χ1) is 7.83. The van der Waals surface area contributed by atoms with E-state index in [4.69, 9.17) is 5.11 Å². The van der Waals surface area contributed by atoms with Crippen LogP contribution < -0.4 is 0 Å². The zero-order chi connectivity index (χ0) is 11.4. The summed E-state index contributed by atoms with van der Waals surface area (Å²) < 4.78 is 0. The van der Waals surface area contributed by atoms with Gasteiger partial charge < -0.3 is 5.11 Å². The molecule has 2 heteroatoms. The van der Waals surface area contributed by atoms with E-state index in [9.17, 15) is 0 Å². The summed E-state index contributed by atoms with van der Waals surface area (Å²) in [5.41, 5.74) is 3.36. The van der Waals surface area contributed by atoms with Crippen LogP contribution in [0.15, 0.2) is 53.4 Å². The molecule has 0 atom stereocenters. The second kappa shape index (κ2) is 5.19. The van der Waals surface area contributed by atoms with Gasteiger partial charge in [-0.3, -0.25) is 0 Å². The smallest absolute Gasteiger partial charge is 0.0681 e. The van der Waals surface area contributed by atoms with Gasteiger partial charge in [-0.2, -0.15) is 0 Å². The minimum atomic E-state index is 0.102. The molecule has 0 spiro atoms. The van der Waals surface area contributed by atoms with Gasteiger partial charge in [-0.25, -0.2) is 0 Å². The number of benzene rings is 2. The van der Waals surface area contributed by atoms with Crippen molar-refractivity contribution in [1.29, 1.82) is 0 Å². The molecule has 2 aromatic carbocycles. The summed E-state index contributed by atoms with van der Waals surface area (Å²) in [6, 6.07) is 16.5. The normalized spacial score (nSPS) is 10.4. The van der Waals surface area contributed by atoms with Crippen LogP contribution in [0.25, 0.3) is 11.1 Å². The van der Waals surface area contributed by atoms with Crippen molar-refractivity contribution in [2.75, 3.05) is 6.26 Å². The molecule has 0 heterocycles. The van der Waals surface area contributed by atoms with Crippen molar-refractivity contribution in [3.63, 3.8) is 0 Å². The number of thioether (sulfide) groups is 1. The first-order valence-electron chi connectivity index (χ1n) is 5.17. The van der Waals surface area contributed by atoms with Crippen LogP contribution in [0.4, 0.5) is 0 Å². The van der Waals surface area contributed by atoms with Gasteiger partial charge in [-0.15, -0.1) is 11.8 Å². The van der Waals surface area contributed by atoms with Gasteiger partial charge >= 0.3 is 0 Å². The Labute approximate surface area is 100 Å². The predicted molar refractivity (Wildman–Crippen MR) is 69.6 cm³/mol. The first kappa shape index (κ1) is 11.2. The van der Waals surface area contributed by atoms with Gasteiger partial charge in [0.2, 0.25) is 0 Å². The van der Waals surface area contributed by atoms with Crippen molar-refractivity contribution in [3.05, 3.63) is 54.1 Å². The van der Waals surface area contributed by atoms with Crippen LogP contribution in [0.3, 0.4) is 0 Å². The van der Waals surface area contributed by atoms with E-state index in [1.165, 1.54) is 16.0 Å². The maximum absolute atomic E-state index is 8.98. The lowest BCUT2D eigenvalue weighted by atomic mass is 10.0. The molecule has 0 bridgehead atoms. The molecule has 0 aliphatic carbocycles. The Morgan fingerprint density at radius 3 is 2.38 bits per heavy atom. The third-order valence-electron chi connectivity index (χ3n) is 2.54. The molecule has 2 rings (SSSR count). The van der Waals surface area contributed by atoms with E-state index in [0.29, 0.717) is 0 Å². The average Bonchev–Trinajstić information content (AvgIpc) is 2.39. The second-order valence-corrected chi connectivity index (χ2v) is 4.47. The highest BCUT2D eigenvalue weighted by Crippen LogP contribution is 2.24. The van der Waals surface area contributed by atoms with Crippen LogP contribution in [0.2, 0.25) is 0 Å². The summed E-state index contributed by atoms with van der Waals surface area (Å²) in [5, 5.41) is 8.98. The topological polar surface area (TPSA) is 20.2 Å². The third-order valence-corrected chi connectivity index (χ3v) is 3.26. The number of aliphatic hydroxyl groups excluding tert-OH is 1. The van der Waals surface area contributed by atoms with E-state index in [1.807, 2.05) is 24.3 Å². The fraction of sp³-hybridized carbons (Fsp3) is 0.143. The van der Waals surface area contributed by atoms with E-state index < -0.39 is 0 Å². The van der Waals surface area contributed by atoms with E-state index >= 15 is 0 Å². The van der Waals surface area contributed by atoms with Crippen LogP contribution in [0.5, 0.6) is 0 Å². The molecule has 0 unspecified atom stereocenters. The third kappa shape index (κ3) is 2.46. The van der Waals surface area contributed by atoms with Gasteiger partial charge in [0.1, 0.15) is 0 Å². The molecule has 16 heavy (non-hydrogen) atoms. The molecule has 2 aromatic rings. The molecule has 82 valence electrons. The Morgan fingerprint density at radius 2 is 1.75 bits per heavy atom. The van der Waals surface area contributed by atoms with Crippen LogP contribution in [-0.4, -0.2) is 11.4 Å². The molecule has 0 aliphatic rings. The summed E-state index contributed by atoms with van der Waals surface area (Å²) in [6.07, 6.45) is 2.08. The van der Waals surface area contributed by atoms with Crippen molar-refractivity contribution in [1.82, 2.24) is 0 Å². The molecule has 0 amide bonds. The first-order valence-corrected chi connectivity index (χ1v) is 6.40. The molecule has 0 saturated heterocycles. The molecule has 0 radical (unpaired) electrons. The van der Waals surface area contributed by atoms with E-state index in [2.05, 4.69) is 30.5 Å². The van der Waals surface area contributed by atoms with Crippen LogP contribution >= 0.6 is 11.8 Å². The fourth-order valence-electron chi connectivity index (χ4n) is 1.61. The lowest BCUT2D eigenvalue weighted by Gasteiger charge is -2.04. The van der Waals surface area contributed by atoms with E-state index in [-0.39, 0.29) is 6.61 Å². The molecule has 1 N–H and O–H groups in total. The average molecular weight is 230 g/mol. The molecular weight excluding hydrogens is 216 g/mol. The zero-order valence-electron chi connectivity index (χ0n) is 9.18. The number of rotatable bonds is 3. The van der Waals surface area contributed by atoms with Crippen LogP contribution in [0, 0.1) is 0 Å². The Balaban J connectivity index is 2.34. The quantitative estimate of drug-likeness (QED) is 0.813. The summed E-state index contributed by atoms with van der Waals surface area (Å²) in [5.74, 6) is 0. The molecule has 0 aliphatic heterocycles. The molecule has 0 saturated carbocycles. The molecule has 0 fully saturated rings. The van der Waals surface area contributed by atoms with Gasteiger partial charge in [-0.1, -0.05) is 36.4 Å².